The third-order valence-electron chi connectivity index (χ3n) is 6.54. The predicted molar refractivity (Wildman–Crippen MR) is 115 cm³/mol. The fourth-order valence-corrected chi connectivity index (χ4v) is 4.68. The summed E-state index contributed by atoms with van der Waals surface area (Å²) < 4.78 is 8.11. The molecule has 1 aromatic carbocycles. The first kappa shape index (κ1) is 21.0. The predicted octanol–water partition coefficient (Wildman–Crippen LogP) is 2.53. The summed E-state index contributed by atoms with van der Waals surface area (Å²) in [5.74, 6) is 1.41. The molecule has 0 bridgehead atoms. The number of nitrogens with zero attached hydrogens (tertiary/aromatic N) is 4. The molecule has 1 unspecified atom stereocenters. The quantitative estimate of drug-likeness (QED) is 0.791. The Morgan fingerprint density at radius 2 is 1.97 bits per heavy atom. The summed E-state index contributed by atoms with van der Waals surface area (Å²) in [4.78, 5) is 19.1. The Morgan fingerprint density at radius 1 is 1.20 bits per heavy atom. The Bertz CT molecular complexity index is 885. The van der Waals surface area contributed by atoms with Crippen LogP contribution in [0.5, 0.6) is 0 Å². The molecule has 0 saturated carbocycles. The van der Waals surface area contributed by atoms with E-state index in [1.807, 2.05) is 13.8 Å². The number of carbonyl (C=O) groups is 1. The van der Waals surface area contributed by atoms with Gasteiger partial charge in [-0.25, -0.2) is 9.67 Å². The zero-order valence-electron chi connectivity index (χ0n) is 18.4. The van der Waals surface area contributed by atoms with Gasteiger partial charge in [0.25, 0.3) is 0 Å². The van der Waals surface area contributed by atoms with Gasteiger partial charge in [0, 0.05) is 26.2 Å². The van der Waals surface area contributed by atoms with Gasteiger partial charge in [-0.15, -0.1) is 0 Å². The van der Waals surface area contributed by atoms with Crippen LogP contribution in [0, 0.1) is 20.8 Å². The number of ether oxygens (including phenoxy) is 1. The monoisotopic (exact) mass is 411 g/mol. The molecule has 1 spiro atoms. The van der Waals surface area contributed by atoms with Crippen molar-refractivity contribution in [1.29, 1.82) is 0 Å². The van der Waals surface area contributed by atoms with E-state index in [1.54, 1.807) is 4.68 Å². The van der Waals surface area contributed by atoms with Crippen molar-refractivity contribution >= 4 is 5.91 Å². The lowest BCUT2D eigenvalue weighted by Gasteiger charge is -2.39. The van der Waals surface area contributed by atoms with Gasteiger partial charge in [-0.1, -0.05) is 24.3 Å². The first-order valence-electron chi connectivity index (χ1n) is 11.0. The molecule has 2 saturated heterocycles. The minimum absolute atomic E-state index is 0.00275. The van der Waals surface area contributed by atoms with E-state index in [0.717, 1.165) is 51.1 Å². The zero-order chi connectivity index (χ0) is 21.1. The highest BCUT2D eigenvalue weighted by Crippen LogP contribution is 2.39. The highest BCUT2D eigenvalue weighted by molar-refractivity contribution is 5.75. The van der Waals surface area contributed by atoms with Crippen molar-refractivity contribution in [2.75, 3.05) is 19.6 Å². The summed E-state index contributed by atoms with van der Waals surface area (Å²) in [5, 5.41) is 7.27. The SMILES string of the molecule is Cc1nc(C)n(CC(=O)NCC2CCC3(CCN(Cc4ccccc4C)CC3)O2)n1. The molecule has 3 heterocycles. The molecule has 2 aliphatic heterocycles. The molecule has 4 rings (SSSR count). The van der Waals surface area contributed by atoms with Gasteiger partial charge in [0.15, 0.2) is 0 Å². The van der Waals surface area contributed by atoms with Crippen molar-refractivity contribution < 1.29 is 9.53 Å². The van der Waals surface area contributed by atoms with E-state index in [0.29, 0.717) is 12.4 Å². The first-order valence-corrected chi connectivity index (χ1v) is 11.0. The Labute approximate surface area is 178 Å². The van der Waals surface area contributed by atoms with Crippen LogP contribution in [0.2, 0.25) is 0 Å². The maximum atomic E-state index is 12.3. The van der Waals surface area contributed by atoms with Gasteiger partial charge in [-0.3, -0.25) is 9.69 Å². The number of carbonyl (C=O) groups excluding carboxylic acids is 1. The smallest absolute Gasteiger partial charge is 0.241 e. The Morgan fingerprint density at radius 3 is 2.67 bits per heavy atom. The Kier molecular flexibility index (Phi) is 6.20. The van der Waals surface area contributed by atoms with E-state index < -0.39 is 0 Å². The van der Waals surface area contributed by atoms with Gasteiger partial charge in [0.1, 0.15) is 18.2 Å². The minimum atomic E-state index is -0.0411. The zero-order valence-corrected chi connectivity index (χ0v) is 18.4. The number of benzene rings is 1. The van der Waals surface area contributed by atoms with Crippen LogP contribution in [0.4, 0.5) is 0 Å². The van der Waals surface area contributed by atoms with Crippen LogP contribution in [0.3, 0.4) is 0 Å². The van der Waals surface area contributed by atoms with Crippen LogP contribution in [-0.2, 0) is 22.6 Å². The van der Waals surface area contributed by atoms with Gasteiger partial charge >= 0.3 is 0 Å². The van der Waals surface area contributed by atoms with Crippen LogP contribution in [0.1, 0.15) is 48.5 Å². The van der Waals surface area contributed by atoms with Crippen molar-refractivity contribution in [2.45, 2.75) is 71.2 Å². The second-order valence-corrected chi connectivity index (χ2v) is 8.83. The van der Waals surface area contributed by atoms with E-state index in [-0.39, 0.29) is 24.2 Å². The molecule has 2 aromatic rings. The number of aryl methyl sites for hydroxylation is 3. The normalized spacial score (nSPS) is 21.2. The average molecular weight is 412 g/mol. The standard InChI is InChI=1S/C23H33N5O2/c1-17-6-4-5-7-20(17)15-27-12-10-23(11-13-27)9-8-21(30-23)14-24-22(29)16-28-19(3)25-18(2)26-28/h4-7,21H,8-16H2,1-3H3,(H,24,29). The maximum absolute atomic E-state index is 12.3. The number of rotatable bonds is 6. The lowest BCUT2D eigenvalue weighted by Crippen LogP contribution is -2.45. The van der Waals surface area contributed by atoms with Gasteiger partial charge in [0.2, 0.25) is 5.91 Å². The number of amides is 1. The van der Waals surface area contributed by atoms with Crippen LogP contribution in [0.25, 0.3) is 0 Å². The van der Waals surface area contributed by atoms with E-state index >= 15 is 0 Å². The van der Waals surface area contributed by atoms with E-state index in [1.165, 1.54) is 11.1 Å². The molecule has 162 valence electrons. The summed E-state index contributed by atoms with van der Waals surface area (Å²) in [7, 11) is 0. The van der Waals surface area contributed by atoms with Crippen molar-refractivity contribution in [3.8, 4) is 0 Å². The fourth-order valence-electron chi connectivity index (χ4n) is 4.68. The van der Waals surface area contributed by atoms with Gasteiger partial charge < -0.3 is 10.1 Å². The number of likely N-dealkylation sites (tertiary alicyclic amines) is 1. The highest BCUT2D eigenvalue weighted by atomic mass is 16.5. The fraction of sp³-hybridized carbons (Fsp3) is 0.609. The third-order valence-corrected chi connectivity index (χ3v) is 6.54. The molecule has 1 aromatic heterocycles. The third kappa shape index (κ3) is 4.90. The van der Waals surface area contributed by atoms with Gasteiger partial charge in [-0.2, -0.15) is 5.10 Å². The molecule has 1 N–H and O–H groups in total. The summed E-state index contributed by atoms with van der Waals surface area (Å²) in [6, 6.07) is 8.64. The van der Waals surface area contributed by atoms with Gasteiger partial charge in [-0.05, 0) is 57.6 Å². The highest BCUT2D eigenvalue weighted by Gasteiger charge is 2.42. The molecular weight excluding hydrogens is 378 g/mol. The summed E-state index contributed by atoms with van der Waals surface area (Å²) in [6.45, 7) is 9.81. The first-order chi connectivity index (χ1) is 14.4. The molecule has 2 fully saturated rings. The largest absolute Gasteiger partial charge is 0.370 e. The molecule has 0 radical (unpaired) electrons. The molecule has 0 aliphatic carbocycles. The summed E-state index contributed by atoms with van der Waals surface area (Å²) >= 11 is 0. The topological polar surface area (TPSA) is 72.3 Å². The molecule has 7 heteroatoms. The van der Waals surface area contributed by atoms with Crippen LogP contribution >= 0.6 is 0 Å². The molecule has 1 atom stereocenters. The number of hydrogen-bond acceptors (Lipinski definition) is 5. The minimum Gasteiger partial charge on any atom is -0.370 e. The molecule has 2 aliphatic rings. The van der Waals surface area contributed by atoms with E-state index in [4.69, 9.17) is 4.74 Å². The van der Waals surface area contributed by atoms with Crippen LogP contribution in [0.15, 0.2) is 24.3 Å². The molecule has 7 nitrogen and oxygen atoms in total. The van der Waals surface area contributed by atoms with E-state index in [2.05, 4.69) is 51.5 Å². The number of hydrogen-bond donors (Lipinski definition) is 1. The number of piperidine rings is 1. The van der Waals surface area contributed by atoms with E-state index in [9.17, 15) is 4.79 Å². The second kappa shape index (κ2) is 8.86. The van der Waals surface area contributed by atoms with Crippen molar-refractivity contribution in [3.63, 3.8) is 0 Å². The summed E-state index contributed by atoms with van der Waals surface area (Å²) in [5.41, 5.74) is 2.78. The maximum Gasteiger partial charge on any atom is 0.241 e. The second-order valence-electron chi connectivity index (χ2n) is 8.83. The Hall–Kier alpha value is -2.25. The van der Waals surface area contributed by atoms with Crippen LogP contribution in [-0.4, -0.2) is 56.9 Å². The lowest BCUT2D eigenvalue weighted by atomic mass is 9.88. The van der Waals surface area contributed by atoms with Crippen molar-refractivity contribution in [1.82, 2.24) is 25.0 Å². The average Bonchev–Trinajstić information content (AvgIpc) is 3.26. The summed E-state index contributed by atoms with van der Waals surface area (Å²) in [6.07, 6.45) is 4.35. The van der Waals surface area contributed by atoms with Crippen LogP contribution < -0.4 is 5.32 Å². The Balaban J connectivity index is 1.21. The molecular formula is C23H33N5O2. The number of nitrogens with one attached hydrogen (secondary N) is 1. The molecule has 1 amide bonds. The van der Waals surface area contributed by atoms with Crippen molar-refractivity contribution in [3.05, 3.63) is 47.0 Å². The number of aromatic nitrogens is 3. The molecule has 30 heavy (non-hydrogen) atoms. The van der Waals surface area contributed by atoms with Crippen molar-refractivity contribution in [2.24, 2.45) is 0 Å². The van der Waals surface area contributed by atoms with Gasteiger partial charge in [0.05, 0.1) is 11.7 Å². The lowest BCUT2D eigenvalue weighted by molar-refractivity contribution is -0.123.